The molecule has 2 saturated heterocycles. The minimum absolute atomic E-state index is 0.0323. The lowest BCUT2D eigenvalue weighted by atomic mass is 9.66. The highest BCUT2D eigenvalue weighted by Gasteiger charge is 2.78. The zero-order valence-corrected chi connectivity index (χ0v) is 31.6. The molecule has 4 fully saturated rings. The molecule has 3 aromatic rings. The number of ether oxygens (including phenoxy) is 7. The van der Waals surface area contributed by atoms with Crippen molar-refractivity contribution in [3.05, 3.63) is 40.1 Å². The molecule has 0 amide bonds. The third-order valence-electron chi connectivity index (χ3n) is 14.3. The molecule has 2 aliphatic carbocycles. The first kappa shape index (κ1) is 35.2. The van der Waals surface area contributed by atoms with Gasteiger partial charge in [-0.2, -0.15) is 0 Å². The molecule has 4 heterocycles. The van der Waals surface area contributed by atoms with E-state index in [-0.39, 0.29) is 51.8 Å². The molecule has 2 saturated carbocycles. The van der Waals surface area contributed by atoms with E-state index in [0.717, 1.165) is 0 Å². The largest absolute Gasteiger partial charge is 0.497 e. The Morgan fingerprint density at radius 3 is 1.77 bits per heavy atom. The first-order valence-corrected chi connectivity index (χ1v) is 17.9. The zero-order valence-electron chi connectivity index (χ0n) is 31.6. The fraction of sp³-hybridized carbons (Fsp3) is 0.575. The van der Waals surface area contributed by atoms with Crippen molar-refractivity contribution in [1.82, 2.24) is 0 Å². The second-order valence-electron chi connectivity index (χ2n) is 17.2. The summed E-state index contributed by atoms with van der Waals surface area (Å²) in [4.78, 5) is 70.0. The lowest BCUT2D eigenvalue weighted by Crippen LogP contribution is -2.57. The van der Waals surface area contributed by atoms with Crippen molar-refractivity contribution in [3.8, 4) is 17.2 Å². The molecule has 0 radical (unpaired) electrons. The van der Waals surface area contributed by atoms with Crippen LogP contribution in [-0.4, -0.2) is 61.0 Å². The minimum atomic E-state index is -1.66. The van der Waals surface area contributed by atoms with Crippen LogP contribution in [0.15, 0.2) is 33.5 Å². The maximum atomic E-state index is 14.8. The SMILES string of the molecule is COc1ccc2c(=O)c3c(OC)cc4c(c3oc2c1)[C@@H](OC(=O)[C@@]12CC[C@@](C)(C(=O)O1)C2(C)C)[C@@H](OC(=O)[C@@]12CC[C@@](C)(C(=O)O1)C2(C)C)C(C)(C)O4. The number of hydrogen-bond acceptors (Lipinski definition) is 13. The van der Waals surface area contributed by atoms with Crippen LogP contribution in [0.4, 0.5) is 0 Å². The molecule has 5 aliphatic rings. The van der Waals surface area contributed by atoms with Crippen LogP contribution in [0.25, 0.3) is 21.9 Å². The normalized spacial score (nSPS) is 33.9. The van der Waals surface area contributed by atoms with Crippen molar-refractivity contribution in [2.24, 2.45) is 21.7 Å². The van der Waals surface area contributed by atoms with Gasteiger partial charge in [-0.05, 0) is 65.5 Å². The van der Waals surface area contributed by atoms with Crippen LogP contribution in [-0.2, 0) is 38.1 Å². The summed E-state index contributed by atoms with van der Waals surface area (Å²) in [6.45, 7) is 14.1. The zero-order chi connectivity index (χ0) is 38.5. The van der Waals surface area contributed by atoms with Gasteiger partial charge >= 0.3 is 23.9 Å². The summed E-state index contributed by atoms with van der Waals surface area (Å²) >= 11 is 0. The molecule has 2 aromatic carbocycles. The van der Waals surface area contributed by atoms with E-state index in [0.29, 0.717) is 18.6 Å². The van der Waals surface area contributed by atoms with E-state index in [4.69, 9.17) is 37.6 Å². The first-order valence-electron chi connectivity index (χ1n) is 17.9. The second kappa shape index (κ2) is 10.4. The van der Waals surface area contributed by atoms with Gasteiger partial charge in [-0.1, -0.05) is 27.7 Å². The van der Waals surface area contributed by atoms with Gasteiger partial charge in [0.05, 0.1) is 36.0 Å². The van der Waals surface area contributed by atoms with Gasteiger partial charge in [0.2, 0.25) is 16.6 Å². The summed E-state index contributed by atoms with van der Waals surface area (Å²) in [5, 5.41) is 0.274. The lowest BCUT2D eigenvalue weighted by molar-refractivity contribution is -0.217. The van der Waals surface area contributed by atoms with Crippen LogP contribution in [0.1, 0.15) is 92.7 Å². The summed E-state index contributed by atoms with van der Waals surface area (Å²) in [5.41, 5.74) is -8.67. The third-order valence-corrected chi connectivity index (χ3v) is 14.3. The molecular formula is C40H44O13. The molecule has 8 rings (SSSR count). The van der Waals surface area contributed by atoms with E-state index in [1.54, 1.807) is 59.7 Å². The summed E-state index contributed by atoms with van der Waals surface area (Å²) < 4.78 is 48.8. The molecule has 282 valence electrons. The van der Waals surface area contributed by atoms with E-state index in [2.05, 4.69) is 0 Å². The molecule has 0 N–H and O–H groups in total. The Labute approximate surface area is 305 Å². The number of carbonyl (C=O) groups is 4. The van der Waals surface area contributed by atoms with E-state index in [1.807, 2.05) is 13.8 Å². The number of benzene rings is 2. The van der Waals surface area contributed by atoms with Gasteiger partial charge < -0.3 is 37.6 Å². The van der Waals surface area contributed by atoms with Crippen LogP contribution in [0.2, 0.25) is 0 Å². The van der Waals surface area contributed by atoms with Crippen molar-refractivity contribution < 1.29 is 56.8 Å². The molecule has 6 atom stereocenters. The average molecular weight is 733 g/mol. The highest BCUT2D eigenvalue weighted by molar-refractivity contribution is 5.98. The van der Waals surface area contributed by atoms with Gasteiger partial charge in [0, 0.05) is 23.0 Å². The highest BCUT2D eigenvalue weighted by atomic mass is 16.7. The summed E-state index contributed by atoms with van der Waals surface area (Å²) in [5.74, 6) is -1.96. The van der Waals surface area contributed by atoms with Crippen LogP contribution >= 0.6 is 0 Å². The molecule has 4 bridgehead atoms. The number of carbonyl (C=O) groups excluding carboxylic acids is 4. The molecular weight excluding hydrogens is 688 g/mol. The van der Waals surface area contributed by atoms with Gasteiger partial charge in [-0.3, -0.25) is 14.4 Å². The molecule has 13 heteroatoms. The van der Waals surface area contributed by atoms with E-state index in [9.17, 15) is 24.0 Å². The topological polar surface area (TPSA) is 163 Å². The minimum Gasteiger partial charge on any atom is -0.497 e. The quantitative estimate of drug-likeness (QED) is 0.168. The Bertz CT molecular complexity index is 2250. The molecule has 3 aliphatic heterocycles. The maximum absolute atomic E-state index is 14.8. The Morgan fingerprint density at radius 2 is 1.28 bits per heavy atom. The van der Waals surface area contributed by atoms with Crippen molar-refractivity contribution in [3.63, 3.8) is 0 Å². The van der Waals surface area contributed by atoms with Crippen LogP contribution in [0, 0.1) is 21.7 Å². The van der Waals surface area contributed by atoms with Gasteiger partial charge in [-0.15, -0.1) is 0 Å². The summed E-state index contributed by atoms with van der Waals surface area (Å²) in [7, 11) is 2.89. The molecule has 13 nitrogen and oxygen atoms in total. The van der Waals surface area contributed by atoms with Gasteiger partial charge in [0.25, 0.3) is 0 Å². The van der Waals surface area contributed by atoms with Crippen molar-refractivity contribution in [2.75, 3.05) is 14.2 Å². The van der Waals surface area contributed by atoms with E-state index >= 15 is 0 Å². The number of hydrogen-bond donors (Lipinski definition) is 0. The predicted octanol–water partition coefficient (Wildman–Crippen LogP) is 5.87. The number of rotatable bonds is 6. The van der Waals surface area contributed by atoms with Gasteiger partial charge in [0.1, 0.15) is 33.8 Å². The number of methoxy groups -OCH3 is 2. The maximum Gasteiger partial charge on any atom is 0.351 e. The highest BCUT2D eigenvalue weighted by Crippen LogP contribution is 2.68. The molecule has 0 spiro atoms. The van der Waals surface area contributed by atoms with Crippen LogP contribution < -0.4 is 19.6 Å². The van der Waals surface area contributed by atoms with Gasteiger partial charge in [-0.25, -0.2) is 9.59 Å². The van der Waals surface area contributed by atoms with Crippen molar-refractivity contribution >= 4 is 45.8 Å². The molecule has 53 heavy (non-hydrogen) atoms. The summed E-state index contributed by atoms with van der Waals surface area (Å²) in [6, 6.07) is 6.27. The Kier molecular flexibility index (Phi) is 6.94. The Hall–Kier alpha value is -4.81. The summed E-state index contributed by atoms with van der Waals surface area (Å²) in [6.07, 6.45) is -1.63. The predicted molar refractivity (Wildman–Crippen MR) is 186 cm³/mol. The third kappa shape index (κ3) is 4.00. The van der Waals surface area contributed by atoms with Crippen molar-refractivity contribution in [1.29, 1.82) is 0 Å². The van der Waals surface area contributed by atoms with E-state index in [1.165, 1.54) is 20.3 Å². The van der Waals surface area contributed by atoms with E-state index < -0.39 is 80.0 Å². The standard InChI is InChI=1S/C40H44O13/c1-34(2)29(50-33(45)40-16-14-38(8,31(43)53-40)36(40,5)6)28(49-32(44)39-15-13-37(7,30(42)52-39)35(39,3)4)25-23(51-34)18-22(47-10)24-26(41)20-12-11-19(46-9)17-21(20)48-27(24)25/h11-12,17-18,28-29H,13-16H2,1-10H3/t28-,29-,37+,38+,39-,40-/m1/s1. The Morgan fingerprint density at radius 1 is 0.717 bits per heavy atom. The van der Waals surface area contributed by atoms with Crippen LogP contribution in [0.5, 0.6) is 17.2 Å². The monoisotopic (exact) mass is 732 g/mol. The lowest BCUT2D eigenvalue weighted by Gasteiger charge is -2.46. The van der Waals surface area contributed by atoms with Crippen LogP contribution in [0.3, 0.4) is 0 Å². The second-order valence-corrected chi connectivity index (χ2v) is 17.2. The fourth-order valence-corrected chi connectivity index (χ4v) is 9.62. The van der Waals surface area contributed by atoms with Gasteiger partial charge in [0.15, 0.2) is 17.8 Å². The fourth-order valence-electron chi connectivity index (χ4n) is 9.62. The number of esters is 4. The first-order chi connectivity index (χ1) is 24.7. The van der Waals surface area contributed by atoms with Crippen molar-refractivity contribution in [2.45, 2.75) is 110 Å². The Balaban J connectivity index is 1.34. The average Bonchev–Trinajstić information content (AvgIpc) is 3.56. The number of fused-ring (bicyclic) bond motifs is 8. The smallest absolute Gasteiger partial charge is 0.351 e. The molecule has 1 aromatic heterocycles. The molecule has 0 unspecified atom stereocenters.